The molecule has 3 aromatic rings. The van der Waals surface area contributed by atoms with Gasteiger partial charge in [0.15, 0.2) is 0 Å². The highest BCUT2D eigenvalue weighted by Crippen LogP contribution is 2.30. The highest BCUT2D eigenvalue weighted by molar-refractivity contribution is 9.10. The standard InChI is InChI=1S/C19H17BrFN3O/c20-14-5-8-18-22-15(9-19(25)24(18)11-14)12-23(16-6-7-16)10-13-3-1-2-4-17(13)21/h1-5,8-9,11,16H,6-7,10,12H2. The fourth-order valence-electron chi connectivity index (χ4n) is 3.01. The van der Waals surface area contributed by atoms with Crippen LogP contribution in [0.15, 0.2) is 57.9 Å². The van der Waals surface area contributed by atoms with E-state index < -0.39 is 0 Å². The number of benzene rings is 1. The first-order valence-electron chi connectivity index (χ1n) is 8.25. The van der Waals surface area contributed by atoms with Crippen molar-refractivity contribution in [2.75, 3.05) is 0 Å². The highest BCUT2D eigenvalue weighted by atomic mass is 79.9. The molecule has 1 fully saturated rings. The number of rotatable bonds is 5. The van der Waals surface area contributed by atoms with Crippen molar-refractivity contribution in [3.63, 3.8) is 0 Å². The molecule has 0 N–H and O–H groups in total. The maximum absolute atomic E-state index is 14.0. The largest absolute Gasteiger partial charge is 0.290 e. The van der Waals surface area contributed by atoms with Gasteiger partial charge in [0.05, 0.1) is 5.69 Å². The second-order valence-corrected chi connectivity index (χ2v) is 7.30. The lowest BCUT2D eigenvalue weighted by Gasteiger charge is -2.22. The van der Waals surface area contributed by atoms with Gasteiger partial charge in [0.2, 0.25) is 0 Å². The normalized spacial score (nSPS) is 14.4. The van der Waals surface area contributed by atoms with Crippen LogP contribution in [0.1, 0.15) is 24.1 Å². The van der Waals surface area contributed by atoms with Gasteiger partial charge in [0, 0.05) is 41.4 Å². The zero-order chi connectivity index (χ0) is 17.4. The monoisotopic (exact) mass is 401 g/mol. The minimum atomic E-state index is -0.190. The summed E-state index contributed by atoms with van der Waals surface area (Å²) in [7, 11) is 0. The molecule has 0 amide bonds. The van der Waals surface area contributed by atoms with E-state index in [1.54, 1.807) is 18.3 Å². The average molecular weight is 402 g/mol. The predicted octanol–water partition coefficient (Wildman–Crippen LogP) is 3.76. The quantitative estimate of drug-likeness (QED) is 0.652. The Balaban J connectivity index is 1.62. The molecule has 1 saturated carbocycles. The van der Waals surface area contributed by atoms with Gasteiger partial charge in [0.25, 0.3) is 5.56 Å². The lowest BCUT2D eigenvalue weighted by Crippen LogP contribution is -2.27. The van der Waals surface area contributed by atoms with Gasteiger partial charge in [-0.2, -0.15) is 0 Å². The topological polar surface area (TPSA) is 37.6 Å². The Hall–Kier alpha value is -2.05. The van der Waals surface area contributed by atoms with Crippen LogP contribution in [0.5, 0.6) is 0 Å². The molecule has 0 atom stereocenters. The van der Waals surface area contributed by atoms with E-state index in [-0.39, 0.29) is 11.4 Å². The Morgan fingerprint density at radius 2 is 2.00 bits per heavy atom. The van der Waals surface area contributed by atoms with Crippen LogP contribution in [0.3, 0.4) is 0 Å². The van der Waals surface area contributed by atoms with Gasteiger partial charge in [-0.05, 0) is 47.0 Å². The Morgan fingerprint density at radius 3 is 2.76 bits per heavy atom. The molecule has 0 aliphatic heterocycles. The molecule has 0 bridgehead atoms. The summed E-state index contributed by atoms with van der Waals surface area (Å²) in [6.45, 7) is 1.07. The summed E-state index contributed by atoms with van der Waals surface area (Å²) in [5, 5.41) is 0. The Kier molecular flexibility index (Phi) is 4.39. The zero-order valence-corrected chi connectivity index (χ0v) is 15.1. The number of nitrogens with zero attached hydrogens (tertiary/aromatic N) is 3. The van der Waals surface area contributed by atoms with E-state index in [0.29, 0.717) is 30.3 Å². The van der Waals surface area contributed by atoms with E-state index in [0.717, 1.165) is 23.0 Å². The Morgan fingerprint density at radius 1 is 1.20 bits per heavy atom. The van der Waals surface area contributed by atoms with Gasteiger partial charge < -0.3 is 0 Å². The van der Waals surface area contributed by atoms with E-state index in [1.165, 1.54) is 10.5 Å². The Bertz CT molecular complexity index is 984. The van der Waals surface area contributed by atoms with Crippen LogP contribution in [-0.2, 0) is 13.1 Å². The first-order chi connectivity index (χ1) is 12.1. The summed E-state index contributed by atoms with van der Waals surface area (Å²) < 4.78 is 16.3. The molecule has 0 spiro atoms. The molecule has 6 heteroatoms. The molecule has 0 saturated heterocycles. The van der Waals surface area contributed by atoms with Crippen molar-refractivity contribution in [1.29, 1.82) is 0 Å². The third kappa shape index (κ3) is 3.65. The molecule has 1 aliphatic rings. The zero-order valence-electron chi connectivity index (χ0n) is 13.5. The van der Waals surface area contributed by atoms with E-state index in [9.17, 15) is 9.18 Å². The number of pyridine rings is 1. The number of aromatic nitrogens is 2. The third-order valence-corrected chi connectivity index (χ3v) is 4.91. The molecule has 1 aromatic carbocycles. The van der Waals surface area contributed by atoms with E-state index in [1.807, 2.05) is 24.3 Å². The minimum absolute atomic E-state index is 0.108. The molecule has 4 nitrogen and oxygen atoms in total. The number of hydrogen-bond donors (Lipinski definition) is 0. The number of hydrogen-bond acceptors (Lipinski definition) is 3. The first kappa shape index (κ1) is 16.4. The molecule has 128 valence electrons. The highest BCUT2D eigenvalue weighted by Gasteiger charge is 2.29. The summed E-state index contributed by atoms with van der Waals surface area (Å²) in [6.07, 6.45) is 3.92. The second kappa shape index (κ2) is 6.69. The van der Waals surface area contributed by atoms with Crippen molar-refractivity contribution >= 4 is 21.6 Å². The molecule has 0 radical (unpaired) electrons. The fraction of sp³-hybridized carbons (Fsp3) is 0.263. The molecule has 2 aromatic heterocycles. The summed E-state index contributed by atoms with van der Waals surface area (Å²) in [5.74, 6) is -0.190. The van der Waals surface area contributed by atoms with Crippen molar-refractivity contribution < 1.29 is 4.39 Å². The minimum Gasteiger partial charge on any atom is -0.290 e. The smallest absolute Gasteiger partial charge is 0.258 e. The van der Waals surface area contributed by atoms with Gasteiger partial charge in [-0.3, -0.25) is 14.1 Å². The molecular formula is C19H17BrFN3O. The molecule has 1 aliphatic carbocycles. The van der Waals surface area contributed by atoms with Gasteiger partial charge in [0.1, 0.15) is 11.5 Å². The Labute approximate surface area is 153 Å². The van der Waals surface area contributed by atoms with E-state index in [2.05, 4.69) is 25.8 Å². The third-order valence-electron chi connectivity index (χ3n) is 4.44. The van der Waals surface area contributed by atoms with Crippen LogP contribution < -0.4 is 5.56 Å². The number of fused-ring (bicyclic) bond motifs is 1. The maximum Gasteiger partial charge on any atom is 0.258 e. The van der Waals surface area contributed by atoms with Crippen molar-refractivity contribution in [3.8, 4) is 0 Å². The van der Waals surface area contributed by atoms with Crippen LogP contribution in [-0.4, -0.2) is 20.3 Å². The summed E-state index contributed by atoms with van der Waals surface area (Å²) in [4.78, 5) is 19.2. The van der Waals surface area contributed by atoms with Crippen molar-refractivity contribution in [3.05, 3.63) is 80.6 Å². The predicted molar refractivity (Wildman–Crippen MR) is 97.8 cm³/mol. The van der Waals surface area contributed by atoms with Crippen LogP contribution >= 0.6 is 15.9 Å². The lowest BCUT2D eigenvalue weighted by molar-refractivity contribution is 0.239. The summed E-state index contributed by atoms with van der Waals surface area (Å²) >= 11 is 3.37. The summed E-state index contributed by atoms with van der Waals surface area (Å²) in [5.41, 5.74) is 1.90. The van der Waals surface area contributed by atoms with Crippen LogP contribution in [0.25, 0.3) is 5.65 Å². The molecule has 4 rings (SSSR count). The van der Waals surface area contributed by atoms with Crippen LogP contribution in [0, 0.1) is 5.82 Å². The van der Waals surface area contributed by atoms with E-state index in [4.69, 9.17) is 0 Å². The first-order valence-corrected chi connectivity index (χ1v) is 9.05. The molecule has 2 heterocycles. The maximum atomic E-state index is 14.0. The summed E-state index contributed by atoms with van der Waals surface area (Å²) in [6, 6.07) is 12.5. The van der Waals surface area contributed by atoms with Gasteiger partial charge in [-0.1, -0.05) is 18.2 Å². The fourth-order valence-corrected chi connectivity index (χ4v) is 3.35. The van der Waals surface area contributed by atoms with Gasteiger partial charge in [-0.25, -0.2) is 9.37 Å². The molecule has 0 unspecified atom stereocenters. The van der Waals surface area contributed by atoms with E-state index >= 15 is 0 Å². The van der Waals surface area contributed by atoms with Crippen LogP contribution in [0.4, 0.5) is 4.39 Å². The SMILES string of the molecule is O=c1cc(CN(Cc2ccccc2F)C2CC2)nc2ccc(Br)cn12. The molecular weight excluding hydrogens is 385 g/mol. The van der Waals surface area contributed by atoms with Gasteiger partial charge >= 0.3 is 0 Å². The second-order valence-electron chi connectivity index (χ2n) is 6.39. The lowest BCUT2D eigenvalue weighted by atomic mass is 10.2. The average Bonchev–Trinajstić information content (AvgIpc) is 3.42. The van der Waals surface area contributed by atoms with Crippen LogP contribution in [0.2, 0.25) is 0 Å². The van der Waals surface area contributed by atoms with Gasteiger partial charge in [-0.15, -0.1) is 0 Å². The van der Waals surface area contributed by atoms with Crippen molar-refractivity contribution in [1.82, 2.24) is 14.3 Å². The number of halogens is 2. The van der Waals surface area contributed by atoms with Crippen molar-refractivity contribution in [2.45, 2.75) is 32.0 Å². The molecule has 25 heavy (non-hydrogen) atoms. The van der Waals surface area contributed by atoms with Crippen molar-refractivity contribution in [2.24, 2.45) is 0 Å².